The van der Waals surface area contributed by atoms with Gasteiger partial charge in [-0.3, -0.25) is 4.90 Å². The van der Waals surface area contributed by atoms with Crippen LogP contribution in [0, 0.1) is 5.92 Å². The van der Waals surface area contributed by atoms with E-state index < -0.39 is 23.6 Å². The topological polar surface area (TPSA) is 82.0 Å². The third kappa shape index (κ3) is 1.70. The first-order valence-corrected chi connectivity index (χ1v) is 9.27. The van der Waals surface area contributed by atoms with Crippen LogP contribution in [0.5, 0.6) is 0 Å². The van der Waals surface area contributed by atoms with Gasteiger partial charge in [0.2, 0.25) is 0 Å². The average Bonchev–Trinajstić information content (AvgIpc) is 3.18. The van der Waals surface area contributed by atoms with E-state index in [-0.39, 0.29) is 11.5 Å². The van der Waals surface area contributed by atoms with E-state index in [9.17, 15) is 15.0 Å². The Morgan fingerprint density at radius 2 is 2.19 bits per heavy atom. The number of carbonyl (C=O) groups is 1. The highest BCUT2D eigenvalue weighted by atomic mass is 16.5. The smallest absolute Gasteiger partial charge is 0.335 e. The second-order valence-corrected chi connectivity index (χ2v) is 8.11. The molecule has 3 aliphatic heterocycles. The Kier molecular flexibility index (Phi) is 3.19. The lowest BCUT2D eigenvalue weighted by atomic mass is 9.58. The average molecular weight is 356 g/mol. The lowest BCUT2D eigenvalue weighted by Gasteiger charge is -2.54. The Labute approximate surface area is 152 Å². The van der Waals surface area contributed by atoms with E-state index in [0.717, 1.165) is 24.4 Å². The largest absolute Gasteiger partial charge is 0.466 e. The van der Waals surface area contributed by atoms with Crippen LogP contribution < -0.4 is 5.32 Å². The quantitative estimate of drug-likeness (QED) is 0.686. The third-order valence-electron chi connectivity index (χ3n) is 7.18. The van der Waals surface area contributed by atoms with Crippen LogP contribution in [0.15, 0.2) is 35.5 Å². The maximum atomic E-state index is 12.8. The molecule has 138 valence electrons. The fourth-order valence-electron chi connectivity index (χ4n) is 5.95. The van der Waals surface area contributed by atoms with Crippen LogP contribution in [0.2, 0.25) is 0 Å². The number of rotatable bonds is 2. The molecule has 6 heteroatoms. The Hall–Kier alpha value is -1.89. The van der Waals surface area contributed by atoms with Crippen LogP contribution in [-0.2, 0) is 14.9 Å². The minimum absolute atomic E-state index is 0.214. The summed E-state index contributed by atoms with van der Waals surface area (Å²) in [5.41, 5.74) is 2.01. The maximum absolute atomic E-state index is 12.8. The summed E-state index contributed by atoms with van der Waals surface area (Å²) in [6, 6.07) is 8.43. The first kappa shape index (κ1) is 16.3. The van der Waals surface area contributed by atoms with E-state index in [4.69, 9.17) is 4.74 Å². The summed E-state index contributed by atoms with van der Waals surface area (Å²) in [7, 11) is 1.38. The monoisotopic (exact) mass is 356 g/mol. The molecule has 5 atom stereocenters. The van der Waals surface area contributed by atoms with Crippen LogP contribution in [0.25, 0.3) is 0 Å². The predicted molar refractivity (Wildman–Crippen MR) is 95.5 cm³/mol. The van der Waals surface area contributed by atoms with E-state index in [2.05, 4.69) is 16.3 Å². The van der Waals surface area contributed by atoms with E-state index in [1.165, 1.54) is 12.7 Å². The molecule has 1 aromatic carbocycles. The molecule has 3 N–H and O–H groups in total. The first-order valence-electron chi connectivity index (χ1n) is 9.27. The van der Waals surface area contributed by atoms with Crippen molar-refractivity contribution in [3.63, 3.8) is 0 Å². The zero-order chi connectivity index (χ0) is 18.3. The third-order valence-corrected chi connectivity index (χ3v) is 7.18. The van der Waals surface area contributed by atoms with Gasteiger partial charge in [-0.05, 0) is 37.9 Å². The maximum Gasteiger partial charge on any atom is 0.335 e. The number of nitrogens with zero attached hydrogens (tertiary/aromatic N) is 1. The highest BCUT2D eigenvalue weighted by Gasteiger charge is 2.66. The summed E-state index contributed by atoms with van der Waals surface area (Å²) in [5.74, 6) is -0.859. The fraction of sp³-hybridized carbons (Fsp3) is 0.550. The first-order chi connectivity index (χ1) is 12.4. The second-order valence-electron chi connectivity index (χ2n) is 8.11. The Morgan fingerprint density at radius 1 is 1.42 bits per heavy atom. The Morgan fingerprint density at radius 3 is 2.92 bits per heavy atom. The molecule has 0 unspecified atom stereocenters. The molecule has 2 fully saturated rings. The Bertz CT molecular complexity index is 835. The number of methoxy groups -OCH3 is 1. The van der Waals surface area contributed by atoms with E-state index in [0.29, 0.717) is 18.5 Å². The van der Waals surface area contributed by atoms with Crippen molar-refractivity contribution in [1.29, 1.82) is 0 Å². The van der Waals surface area contributed by atoms with E-state index in [1.807, 2.05) is 18.2 Å². The fourth-order valence-corrected chi connectivity index (χ4v) is 5.95. The summed E-state index contributed by atoms with van der Waals surface area (Å²) in [5, 5.41) is 25.2. The number of hydrogen-bond acceptors (Lipinski definition) is 6. The molecule has 1 spiro atoms. The van der Waals surface area contributed by atoms with E-state index >= 15 is 0 Å². The molecule has 4 aliphatic rings. The number of nitrogens with one attached hydrogen (secondary N) is 1. The van der Waals surface area contributed by atoms with Crippen molar-refractivity contribution in [2.75, 3.05) is 25.5 Å². The number of benzene rings is 1. The zero-order valence-electron chi connectivity index (χ0n) is 15.0. The number of ether oxygens (including phenoxy) is 1. The highest BCUT2D eigenvalue weighted by Crippen LogP contribution is 2.62. The molecule has 3 heterocycles. The van der Waals surface area contributed by atoms with Gasteiger partial charge in [0, 0.05) is 29.9 Å². The summed E-state index contributed by atoms with van der Waals surface area (Å²) < 4.78 is 5.12. The number of hydrogen-bond donors (Lipinski definition) is 3. The van der Waals surface area contributed by atoms with Crippen LogP contribution in [0.4, 0.5) is 5.69 Å². The number of aliphatic hydroxyl groups excluding tert-OH is 1. The molecule has 5 rings (SSSR count). The number of fused-ring (bicyclic) bond motifs is 2. The van der Waals surface area contributed by atoms with Crippen LogP contribution in [0.3, 0.4) is 0 Å². The van der Waals surface area contributed by atoms with Gasteiger partial charge in [0.15, 0.2) is 0 Å². The van der Waals surface area contributed by atoms with Crippen molar-refractivity contribution in [2.24, 2.45) is 5.92 Å². The molecule has 1 aliphatic carbocycles. The number of para-hydroxylation sites is 1. The van der Waals surface area contributed by atoms with Gasteiger partial charge in [-0.2, -0.15) is 0 Å². The Balaban J connectivity index is 1.80. The molecule has 6 nitrogen and oxygen atoms in total. The van der Waals surface area contributed by atoms with Gasteiger partial charge in [0.25, 0.3) is 0 Å². The van der Waals surface area contributed by atoms with Gasteiger partial charge in [-0.25, -0.2) is 4.79 Å². The van der Waals surface area contributed by atoms with Crippen molar-refractivity contribution in [3.05, 3.63) is 41.1 Å². The van der Waals surface area contributed by atoms with Gasteiger partial charge >= 0.3 is 5.97 Å². The molecule has 0 aromatic heterocycles. The second kappa shape index (κ2) is 5.09. The van der Waals surface area contributed by atoms with Gasteiger partial charge in [0.05, 0.1) is 24.2 Å². The summed E-state index contributed by atoms with van der Waals surface area (Å²) in [6.45, 7) is 2.81. The van der Waals surface area contributed by atoms with Crippen molar-refractivity contribution >= 4 is 11.7 Å². The molecule has 0 amide bonds. The zero-order valence-corrected chi connectivity index (χ0v) is 15.0. The summed E-state index contributed by atoms with van der Waals surface area (Å²) >= 11 is 0. The molecule has 1 aromatic rings. The molecular weight excluding hydrogens is 332 g/mol. The molecule has 26 heavy (non-hydrogen) atoms. The van der Waals surface area contributed by atoms with Gasteiger partial charge in [-0.15, -0.1) is 0 Å². The van der Waals surface area contributed by atoms with Crippen LogP contribution in [0.1, 0.15) is 25.3 Å². The van der Waals surface area contributed by atoms with Crippen molar-refractivity contribution in [2.45, 2.75) is 42.9 Å². The van der Waals surface area contributed by atoms with Gasteiger partial charge < -0.3 is 20.3 Å². The van der Waals surface area contributed by atoms with Crippen LogP contribution in [-0.4, -0.2) is 59.0 Å². The number of piperidine rings is 1. The minimum Gasteiger partial charge on any atom is -0.466 e. The molecular formula is C20H24N2O4. The summed E-state index contributed by atoms with van der Waals surface area (Å²) in [6.07, 6.45) is 0.594. The van der Waals surface area contributed by atoms with Crippen molar-refractivity contribution in [3.8, 4) is 0 Å². The molecule has 2 bridgehead atoms. The summed E-state index contributed by atoms with van der Waals surface area (Å²) in [4.78, 5) is 15.1. The standard InChI is InChI=1S/C20H24N2O4/c1-11(23)20(25)10-22-8-7-19-12-5-3-4-6-14(12)21-17(19)16(18(24)26-2)13(20)9-15(19)22/h3-6,11,13,15,21,23,25H,7-10H2,1-2H3/t11-,13-,15+,19-,20-/m1/s1. The number of esters is 1. The lowest BCUT2D eigenvalue weighted by molar-refractivity contribution is -0.157. The molecule has 0 radical (unpaired) electrons. The number of anilines is 1. The SMILES string of the molecule is COC(=O)C1=C2Nc3ccccc3[C@@]23CCN2C[C@@](O)([C@@H](C)O)[C@@H]1C[C@H]23. The van der Waals surface area contributed by atoms with E-state index in [1.54, 1.807) is 6.92 Å². The minimum atomic E-state index is -1.36. The highest BCUT2D eigenvalue weighted by molar-refractivity contribution is 5.94. The number of aliphatic hydroxyl groups is 2. The lowest BCUT2D eigenvalue weighted by Crippen LogP contribution is -2.66. The van der Waals surface area contributed by atoms with Gasteiger partial charge in [0.1, 0.15) is 5.60 Å². The molecule has 2 saturated heterocycles. The molecule has 0 saturated carbocycles. The van der Waals surface area contributed by atoms with Gasteiger partial charge in [-0.1, -0.05) is 18.2 Å². The normalized spacial score (nSPS) is 38.5. The van der Waals surface area contributed by atoms with Crippen molar-refractivity contribution in [1.82, 2.24) is 4.90 Å². The predicted octanol–water partition coefficient (Wildman–Crippen LogP) is 0.997. The van der Waals surface area contributed by atoms with Crippen LogP contribution >= 0.6 is 0 Å². The number of carbonyl (C=O) groups excluding carboxylic acids is 1. The van der Waals surface area contributed by atoms with Crippen molar-refractivity contribution < 1.29 is 19.7 Å².